The molecular formula is C14H12FN3O. The van der Waals surface area contributed by atoms with E-state index in [1.807, 2.05) is 0 Å². The third kappa shape index (κ3) is 3.27. The van der Waals surface area contributed by atoms with Crippen LogP contribution < -0.4 is 11.3 Å². The largest absolute Gasteiger partial charge is 0.320 e. The molecule has 0 spiro atoms. The normalized spacial score (nSPS) is 9.79. The molecule has 0 unspecified atom stereocenters. The Hall–Kier alpha value is -2.45. The molecule has 2 N–H and O–H groups in total. The van der Waals surface area contributed by atoms with Gasteiger partial charge in [-0.2, -0.15) is 5.10 Å². The highest BCUT2D eigenvalue weighted by atomic mass is 19.1. The van der Waals surface area contributed by atoms with Crippen molar-refractivity contribution in [1.29, 1.82) is 0 Å². The predicted octanol–water partition coefficient (Wildman–Crippen LogP) is 0.741. The summed E-state index contributed by atoms with van der Waals surface area (Å²) in [7, 11) is 0. The SMILES string of the molecule is NCC#Cc1cc(Cn2ncccc2=O)ccc1F. The predicted molar refractivity (Wildman–Crippen MR) is 69.9 cm³/mol. The number of hydrogen-bond acceptors (Lipinski definition) is 3. The van der Waals surface area contributed by atoms with Gasteiger partial charge in [-0.3, -0.25) is 4.79 Å². The average Bonchev–Trinajstić information content (AvgIpc) is 2.42. The molecule has 1 aromatic heterocycles. The fourth-order valence-electron chi connectivity index (χ4n) is 1.59. The molecule has 2 rings (SSSR count). The maximum Gasteiger partial charge on any atom is 0.267 e. The molecule has 0 fully saturated rings. The van der Waals surface area contributed by atoms with Crippen LogP contribution in [0.4, 0.5) is 4.39 Å². The molecule has 0 amide bonds. The van der Waals surface area contributed by atoms with E-state index >= 15 is 0 Å². The van der Waals surface area contributed by atoms with Crippen molar-refractivity contribution < 1.29 is 4.39 Å². The molecule has 0 saturated carbocycles. The Morgan fingerprint density at radius 1 is 1.37 bits per heavy atom. The van der Waals surface area contributed by atoms with E-state index in [-0.39, 0.29) is 24.2 Å². The first-order chi connectivity index (χ1) is 9.20. The molecule has 0 saturated heterocycles. The Morgan fingerprint density at radius 3 is 2.95 bits per heavy atom. The van der Waals surface area contributed by atoms with Crippen LogP contribution in [-0.4, -0.2) is 16.3 Å². The van der Waals surface area contributed by atoms with E-state index in [4.69, 9.17) is 5.73 Å². The van der Waals surface area contributed by atoms with Crippen LogP contribution in [0.2, 0.25) is 0 Å². The number of benzene rings is 1. The van der Waals surface area contributed by atoms with E-state index in [0.717, 1.165) is 5.56 Å². The molecule has 19 heavy (non-hydrogen) atoms. The Kier molecular flexibility index (Phi) is 4.06. The number of aromatic nitrogens is 2. The van der Waals surface area contributed by atoms with Gasteiger partial charge in [-0.25, -0.2) is 9.07 Å². The zero-order valence-electron chi connectivity index (χ0n) is 10.1. The first kappa shape index (κ1) is 13.0. The third-order valence-corrected chi connectivity index (χ3v) is 2.47. The van der Waals surface area contributed by atoms with Crippen LogP contribution in [0.3, 0.4) is 0 Å². The van der Waals surface area contributed by atoms with Gasteiger partial charge in [-0.05, 0) is 23.8 Å². The first-order valence-corrected chi connectivity index (χ1v) is 5.70. The second-order valence-electron chi connectivity index (χ2n) is 3.84. The minimum absolute atomic E-state index is 0.170. The summed E-state index contributed by atoms with van der Waals surface area (Å²) in [5.41, 5.74) is 6.07. The fourth-order valence-corrected chi connectivity index (χ4v) is 1.59. The van der Waals surface area contributed by atoms with Crippen LogP contribution in [0.1, 0.15) is 11.1 Å². The second-order valence-corrected chi connectivity index (χ2v) is 3.84. The van der Waals surface area contributed by atoms with Crippen LogP contribution in [-0.2, 0) is 6.54 Å². The standard InChI is InChI=1S/C14H12FN3O/c15-13-6-5-11(9-12(13)3-1-7-16)10-18-14(19)4-2-8-17-18/h2,4-6,8-9H,7,10,16H2. The van der Waals surface area contributed by atoms with Crippen molar-refractivity contribution in [3.8, 4) is 11.8 Å². The van der Waals surface area contributed by atoms with Crippen molar-refractivity contribution in [3.63, 3.8) is 0 Å². The van der Waals surface area contributed by atoms with E-state index in [1.54, 1.807) is 18.2 Å². The molecule has 1 aromatic carbocycles. The Bertz CT molecular complexity index is 698. The van der Waals surface area contributed by atoms with E-state index in [1.165, 1.54) is 23.0 Å². The van der Waals surface area contributed by atoms with Crippen LogP contribution in [0, 0.1) is 17.7 Å². The van der Waals surface area contributed by atoms with Gasteiger partial charge in [-0.15, -0.1) is 0 Å². The van der Waals surface area contributed by atoms with Crippen LogP contribution in [0.25, 0.3) is 0 Å². The monoisotopic (exact) mass is 257 g/mol. The summed E-state index contributed by atoms with van der Waals surface area (Å²) in [5.74, 6) is 4.85. The van der Waals surface area contributed by atoms with Crippen LogP contribution in [0.15, 0.2) is 41.3 Å². The number of rotatable bonds is 2. The van der Waals surface area contributed by atoms with E-state index in [0.29, 0.717) is 0 Å². The van der Waals surface area contributed by atoms with Gasteiger partial charge >= 0.3 is 0 Å². The lowest BCUT2D eigenvalue weighted by Crippen LogP contribution is -2.21. The molecule has 0 aliphatic heterocycles. The zero-order valence-corrected chi connectivity index (χ0v) is 10.1. The summed E-state index contributed by atoms with van der Waals surface area (Å²) in [6.07, 6.45) is 1.53. The number of hydrogen-bond donors (Lipinski definition) is 1. The smallest absolute Gasteiger partial charge is 0.267 e. The summed E-state index contributed by atoms with van der Waals surface area (Å²) in [5, 5.41) is 3.94. The maximum absolute atomic E-state index is 13.5. The van der Waals surface area contributed by atoms with Gasteiger partial charge in [0.05, 0.1) is 18.7 Å². The highest BCUT2D eigenvalue weighted by molar-refractivity contribution is 5.38. The van der Waals surface area contributed by atoms with Crippen molar-refractivity contribution in [2.45, 2.75) is 6.54 Å². The van der Waals surface area contributed by atoms with Gasteiger partial charge in [0.15, 0.2) is 0 Å². The maximum atomic E-state index is 13.5. The first-order valence-electron chi connectivity index (χ1n) is 5.70. The summed E-state index contributed by atoms with van der Waals surface area (Å²) >= 11 is 0. The minimum atomic E-state index is -0.405. The molecule has 0 aliphatic rings. The summed E-state index contributed by atoms with van der Waals surface area (Å²) in [6.45, 7) is 0.445. The summed E-state index contributed by atoms with van der Waals surface area (Å²) < 4.78 is 14.8. The number of halogens is 1. The quantitative estimate of drug-likeness (QED) is 0.807. The molecule has 0 atom stereocenters. The van der Waals surface area contributed by atoms with Gasteiger partial charge in [-0.1, -0.05) is 17.9 Å². The van der Waals surface area contributed by atoms with Gasteiger partial charge in [0, 0.05) is 12.3 Å². The molecule has 96 valence electrons. The molecule has 5 heteroatoms. The van der Waals surface area contributed by atoms with E-state index in [9.17, 15) is 9.18 Å². The molecule has 0 radical (unpaired) electrons. The molecule has 4 nitrogen and oxygen atoms in total. The van der Waals surface area contributed by atoms with Crippen molar-refractivity contribution in [3.05, 3.63) is 63.8 Å². The topological polar surface area (TPSA) is 60.9 Å². The third-order valence-electron chi connectivity index (χ3n) is 2.47. The minimum Gasteiger partial charge on any atom is -0.320 e. The van der Waals surface area contributed by atoms with E-state index < -0.39 is 5.82 Å². The van der Waals surface area contributed by atoms with Gasteiger partial charge in [0.1, 0.15) is 5.82 Å². The lowest BCUT2D eigenvalue weighted by Gasteiger charge is -2.04. The van der Waals surface area contributed by atoms with E-state index in [2.05, 4.69) is 16.9 Å². The summed E-state index contributed by atoms with van der Waals surface area (Å²) in [6, 6.07) is 7.51. The molecule has 0 aliphatic carbocycles. The van der Waals surface area contributed by atoms with Crippen LogP contribution in [0.5, 0.6) is 0 Å². The lowest BCUT2D eigenvalue weighted by molar-refractivity contribution is 0.616. The van der Waals surface area contributed by atoms with Gasteiger partial charge in [0.2, 0.25) is 0 Å². The fraction of sp³-hybridized carbons (Fsp3) is 0.143. The number of nitrogens with zero attached hydrogens (tertiary/aromatic N) is 2. The van der Waals surface area contributed by atoms with Crippen molar-refractivity contribution in [2.75, 3.05) is 6.54 Å². The zero-order chi connectivity index (χ0) is 13.7. The van der Waals surface area contributed by atoms with Crippen LogP contribution >= 0.6 is 0 Å². The molecule has 2 aromatic rings. The second kappa shape index (κ2) is 5.94. The lowest BCUT2D eigenvalue weighted by atomic mass is 10.1. The highest BCUT2D eigenvalue weighted by Gasteiger charge is 2.03. The molecule has 1 heterocycles. The van der Waals surface area contributed by atoms with Crippen molar-refractivity contribution in [2.24, 2.45) is 5.73 Å². The number of nitrogens with two attached hydrogens (primary N) is 1. The van der Waals surface area contributed by atoms with Gasteiger partial charge < -0.3 is 5.73 Å². The van der Waals surface area contributed by atoms with Crippen molar-refractivity contribution >= 4 is 0 Å². The highest BCUT2D eigenvalue weighted by Crippen LogP contribution is 2.10. The Balaban J connectivity index is 2.32. The Morgan fingerprint density at radius 2 is 2.21 bits per heavy atom. The van der Waals surface area contributed by atoms with Crippen molar-refractivity contribution in [1.82, 2.24) is 9.78 Å². The van der Waals surface area contributed by atoms with Gasteiger partial charge in [0.25, 0.3) is 5.56 Å². The molecular weight excluding hydrogens is 245 g/mol. The average molecular weight is 257 g/mol. The summed E-state index contributed by atoms with van der Waals surface area (Å²) in [4.78, 5) is 11.5. The Labute approximate surface area is 109 Å². The molecule has 0 bridgehead atoms.